The molecule has 2 N–H and O–H groups in total. The van der Waals surface area contributed by atoms with E-state index < -0.39 is 0 Å². The average molecular weight is 487 g/mol. The Kier molecular flexibility index (Phi) is 11.0. The zero-order valence-electron chi connectivity index (χ0n) is 15.2. The lowest BCUT2D eigenvalue weighted by Crippen LogP contribution is -2.38. The molecule has 0 bridgehead atoms. The topological polar surface area (TPSA) is 62.7 Å². The lowest BCUT2D eigenvalue weighted by Gasteiger charge is -2.11. The van der Waals surface area contributed by atoms with E-state index in [-0.39, 0.29) is 29.9 Å². The summed E-state index contributed by atoms with van der Waals surface area (Å²) in [6, 6.07) is 11.7. The fraction of sp³-hybridized carbons (Fsp3) is 0.368. The number of hydrogen-bond acceptors (Lipinski definition) is 4. The molecule has 2 rings (SSSR count). The summed E-state index contributed by atoms with van der Waals surface area (Å²) < 4.78 is 4.71. The minimum atomic E-state index is -0.308. The summed E-state index contributed by atoms with van der Waals surface area (Å²) in [5, 5.41) is 8.70. The number of nitrogens with one attached hydrogen (secondary N) is 2. The average Bonchev–Trinajstić information content (AvgIpc) is 3.15. The van der Waals surface area contributed by atoms with Gasteiger partial charge in [0.05, 0.1) is 12.7 Å². The van der Waals surface area contributed by atoms with Gasteiger partial charge in [-0.25, -0.2) is 4.79 Å². The van der Waals surface area contributed by atoms with Gasteiger partial charge in [-0.15, -0.1) is 35.3 Å². The maximum Gasteiger partial charge on any atom is 0.337 e. The molecule has 0 radical (unpaired) electrons. The molecular weight excluding hydrogens is 461 g/mol. The quantitative estimate of drug-likeness (QED) is 0.259. The van der Waals surface area contributed by atoms with Crippen LogP contribution in [-0.4, -0.2) is 38.7 Å². The molecule has 0 saturated carbocycles. The van der Waals surface area contributed by atoms with Gasteiger partial charge < -0.3 is 15.4 Å². The highest BCUT2D eigenvalue weighted by atomic mass is 127. The second-order valence-electron chi connectivity index (χ2n) is 5.46. The van der Waals surface area contributed by atoms with Crippen LogP contribution in [0.1, 0.15) is 27.7 Å². The van der Waals surface area contributed by atoms with E-state index in [1.165, 1.54) is 12.0 Å². The van der Waals surface area contributed by atoms with Gasteiger partial charge in [0, 0.05) is 30.9 Å². The van der Waals surface area contributed by atoms with Gasteiger partial charge in [-0.05, 0) is 42.5 Å². The maximum absolute atomic E-state index is 11.4. The molecule has 2 aromatic rings. The van der Waals surface area contributed by atoms with Crippen molar-refractivity contribution in [2.75, 3.05) is 26.7 Å². The van der Waals surface area contributed by atoms with Crippen molar-refractivity contribution in [2.24, 2.45) is 4.99 Å². The SMILES string of the molecule is CCNC(=NCCc1cccs1)NCCc1ccc(C(=O)OC)cc1.I. The van der Waals surface area contributed by atoms with E-state index in [0.717, 1.165) is 44.0 Å². The van der Waals surface area contributed by atoms with Crippen molar-refractivity contribution < 1.29 is 9.53 Å². The second-order valence-corrected chi connectivity index (χ2v) is 6.49. The number of benzene rings is 1. The molecule has 142 valence electrons. The fourth-order valence-electron chi connectivity index (χ4n) is 2.33. The Labute approximate surface area is 176 Å². The van der Waals surface area contributed by atoms with E-state index in [1.807, 2.05) is 12.1 Å². The van der Waals surface area contributed by atoms with Crippen LogP contribution in [0.15, 0.2) is 46.8 Å². The van der Waals surface area contributed by atoms with Gasteiger partial charge in [-0.3, -0.25) is 4.99 Å². The molecule has 0 fully saturated rings. The number of ether oxygens (including phenoxy) is 1. The van der Waals surface area contributed by atoms with Crippen molar-refractivity contribution in [3.8, 4) is 0 Å². The Hall–Kier alpha value is -1.61. The van der Waals surface area contributed by atoms with Crippen LogP contribution in [0.3, 0.4) is 0 Å². The molecule has 0 amide bonds. The van der Waals surface area contributed by atoms with E-state index in [0.29, 0.717) is 5.56 Å². The normalized spacial score (nSPS) is 10.8. The zero-order chi connectivity index (χ0) is 17.9. The summed E-state index contributed by atoms with van der Waals surface area (Å²) in [7, 11) is 1.39. The molecule has 0 unspecified atom stereocenters. The van der Waals surface area contributed by atoms with Gasteiger partial charge in [0.1, 0.15) is 0 Å². The van der Waals surface area contributed by atoms with Crippen molar-refractivity contribution in [1.82, 2.24) is 10.6 Å². The molecule has 0 atom stereocenters. The summed E-state index contributed by atoms with van der Waals surface area (Å²) in [4.78, 5) is 17.4. The Morgan fingerprint density at radius 2 is 1.92 bits per heavy atom. The van der Waals surface area contributed by atoms with Gasteiger partial charge in [0.25, 0.3) is 0 Å². The highest BCUT2D eigenvalue weighted by molar-refractivity contribution is 14.0. The van der Waals surface area contributed by atoms with Crippen molar-refractivity contribution in [1.29, 1.82) is 0 Å². The minimum absolute atomic E-state index is 0. The van der Waals surface area contributed by atoms with E-state index in [9.17, 15) is 4.79 Å². The van der Waals surface area contributed by atoms with Gasteiger partial charge in [-0.1, -0.05) is 18.2 Å². The molecule has 0 aliphatic heterocycles. The fourth-order valence-corrected chi connectivity index (χ4v) is 3.02. The van der Waals surface area contributed by atoms with Gasteiger partial charge in [0.15, 0.2) is 5.96 Å². The van der Waals surface area contributed by atoms with Crippen LogP contribution >= 0.6 is 35.3 Å². The molecule has 0 aliphatic carbocycles. The summed E-state index contributed by atoms with van der Waals surface area (Å²) >= 11 is 1.76. The van der Waals surface area contributed by atoms with E-state index >= 15 is 0 Å². The smallest absolute Gasteiger partial charge is 0.337 e. The van der Waals surface area contributed by atoms with Gasteiger partial charge in [0.2, 0.25) is 0 Å². The number of aliphatic imine (C=N–C) groups is 1. The second kappa shape index (κ2) is 12.7. The van der Waals surface area contributed by atoms with Crippen LogP contribution in [0.5, 0.6) is 0 Å². The molecule has 1 aromatic heterocycles. The maximum atomic E-state index is 11.4. The molecule has 1 heterocycles. The lowest BCUT2D eigenvalue weighted by atomic mass is 10.1. The van der Waals surface area contributed by atoms with Crippen molar-refractivity contribution in [3.05, 3.63) is 57.8 Å². The Morgan fingerprint density at radius 3 is 2.54 bits per heavy atom. The third-order valence-corrected chi connectivity index (χ3v) is 4.57. The molecule has 0 aliphatic rings. The van der Waals surface area contributed by atoms with Gasteiger partial charge in [-0.2, -0.15) is 0 Å². The third kappa shape index (κ3) is 7.74. The number of methoxy groups -OCH3 is 1. The minimum Gasteiger partial charge on any atom is -0.465 e. The number of hydrogen-bond donors (Lipinski definition) is 2. The summed E-state index contributed by atoms with van der Waals surface area (Å²) in [6.45, 7) is 4.44. The summed E-state index contributed by atoms with van der Waals surface area (Å²) in [6.07, 6.45) is 1.82. The van der Waals surface area contributed by atoms with E-state index in [2.05, 4.69) is 40.1 Å². The number of nitrogens with zero attached hydrogens (tertiary/aromatic N) is 1. The first-order valence-electron chi connectivity index (χ1n) is 8.44. The van der Waals surface area contributed by atoms with E-state index in [4.69, 9.17) is 4.74 Å². The van der Waals surface area contributed by atoms with Crippen LogP contribution in [0.4, 0.5) is 0 Å². The van der Waals surface area contributed by atoms with Crippen molar-refractivity contribution in [3.63, 3.8) is 0 Å². The number of carbonyl (C=O) groups is 1. The highest BCUT2D eigenvalue weighted by Crippen LogP contribution is 2.09. The Balaban J connectivity index is 0.00000338. The molecule has 1 aromatic carbocycles. The van der Waals surface area contributed by atoms with E-state index in [1.54, 1.807) is 23.5 Å². The summed E-state index contributed by atoms with van der Waals surface area (Å²) in [5.74, 6) is 0.530. The highest BCUT2D eigenvalue weighted by Gasteiger charge is 2.04. The predicted octanol–water partition coefficient (Wildman–Crippen LogP) is 3.49. The molecule has 5 nitrogen and oxygen atoms in total. The Morgan fingerprint density at radius 1 is 1.15 bits per heavy atom. The van der Waals surface area contributed by atoms with Crippen LogP contribution in [0, 0.1) is 0 Å². The number of carbonyl (C=O) groups excluding carboxylic acids is 1. The van der Waals surface area contributed by atoms with Crippen molar-refractivity contribution >= 4 is 47.2 Å². The van der Waals surface area contributed by atoms with Gasteiger partial charge >= 0.3 is 5.97 Å². The molecule has 0 spiro atoms. The molecule has 0 saturated heterocycles. The van der Waals surface area contributed by atoms with Crippen LogP contribution in [0.2, 0.25) is 0 Å². The summed E-state index contributed by atoms with van der Waals surface area (Å²) in [5.41, 5.74) is 1.73. The first kappa shape index (κ1) is 22.4. The largest absolute Gasteiger partial charge is 0.465 e. The van der Waals surface area contributed by atoms with Crippen LogP contribution in [-0.2, 0) is 17.6 Å². The molecular formula is C19H26IN3O2S. The van der Waals surface area contributed by atoms with Crippen LogP contribution in [0.25, 0.3) is 0 Å². The molecule has 26 heavy (non-hydrogen) atoms. The zero-order valence-corrected chi connectivity index (χ0v) is 18.3. The van der Waals surface area contributed by atoms with Crippen LogP contribution < -0.4 is 10.6 Å². The number of guanidine groups is 1. The number of esters is 1. The first-order valence-corrected chi connectivity index (χ1v) is 9.32. The third-order valence-electron chi connectivity index (χ3n) is 3.63. The van der Waals surface area contributed by atoms with Crippen molar-refractivity contribution in [2.45, 2.75) is 19.8 Å². The number of rotatable bonds is 8. The lowest BCUT2D eigenvalue weighted by molar-refractivity contribution is 0.0600. The number of halogens is 1. The molecule has 7 heteroatoms. The first-order chi connectivity index (χ1) is 12.2. The standard InChI is InChI=1S/C19H25N3O2S.HI/c1-3-20-19(22-13-11-17-5-4-14-25-17)21-12-10-15-6-8-16(9-7-15)18(23)24-2;/h4-9,14H,3,10-13H2,1-2H3,(H2,20,21,22);1H. The Bertz CT molecular complexity index is 673. The predicted molar refractivity (Wildman–Crippen MR) is 119 cm³/mol. The number of thiophene rings is 1. The monoisotopic (exact) mass is 487 g/mol.